The van der Waals surface area contributed by atoms with Gasteiger partial charge in [0.05, 0.1) is 32.0 Å². The molecule has 1 atom stereocenters. The van der Waals surface area contributed by atoms with Gasteiger partial charge in [-0.15, -0.1) is 0 Å². The van der Waals surface area contributed by atoms with Gasteiger partial charge in [-0.05, 0) is 47.9 Å². The molecule has 3 aromatic carbocycles. The monoisotopic (exact) mass is 643 g/mol. The van der Waals surface area contributed by atoms with E-state index in [4.69, 9.17) is 46.4 Å². The van der Waals surface area contributed by atoms with E-state index < -0.39 is 28.5 Å². The summed E-state index contributed by atoms with van der Waals surface area (Å²) in [5.74, 6) is -0.963. The summed E-state index contributed by atoms with van der Waals surface area (Å²) in [6, 6.07) is 17.5. The molecule has 0 aliphatic heterocycles. The minimum Gasteiger partial charge on any atom is -0.354 e. The number of anilines is 1. The number of halogens is 4. The van der Waals surface area contributed by atoms with Crippen molar-refractivity contribution in [3.63, 3.8) is 0 Å². The predicted octanol–water partition coefficient (Wildman–Crippen LogP) is 6.23. The second-order valence-corrected chi connectivity index (χ2v) is 12.7. The van der Waals surface area contributed by atoms with E-state index in [0.29, 0.717) is 23.6 Å². The third-order valence-electron chi connectivity index (χ3n) is 6.03. The van der Waals surface area contributed by atoms with E-state index in [1.807, 2.05) is 37.3 Å². The summed E-state index contributed by atoms with van der Waals surface area (Å²) in [5.41, 5.74) is 1.61. The first-order valence-corrected chi connectivity index (χ1v) is 15.7. The quantitative estimate of drug-likeness (QED) is 0.253. The average molecular weight is 645 g/mol. The van der Waals surface area contributed by atoms with Gasteiger partial charge in [0.2, 0.25) is 21.8 Å². The molecule has 3 rings (SSSR count). The van der Waals surface area contributed by atoms with Crippen LogP contribution in [0.5, 0.6) is 0 Å². The third-order valence-corrected chi connectivity index (χ3v) is 8.65. The number of sulfonamides is 1. The standard InChI is InChI=1S/C28H29Cl4N3O4S/c1-3-13-33-28(37)26(15-19-7-5-4-6-8-19)34(17-20-9-11-22(29)24(31)14-20)27(36)18-35(40(2,38)39)21-10-12-23(30)25(32)16-21/h4-12,14,16,26H,3,13,15,17-18H2,1-2H3,(H,33,37)/t26-/m1/s1. The Morgan fingerprint density at radius 3 is 2.05 bits per heavy atom. The summed E-state index contributed by atoms with van der Waals surface area (Å²) in [6.07, 6.45) is 1.89. The Morgan fingerprint density at radius 1 is 0.850 bits per heavy atom. The summed E-state index contributed by atoms with van der Waals surface area (Å²) >= 11 is 24.5. The highest BCUT2D eigenvalue weighted by Gasteiger charge is 2.33. The molecule has 0 aliphatic rings. The summed E-state index contributed by atoms with van der Waals surface area (Å²) in [7, 11) is -3.94. The van der Waals surface area contributed by atoms with Gasteiger partial charge in [-0.1, -0.05) is 89.7 Å². The highest BCUT2D eigenvalue weighted by molar-refractivity contribution is 7.92. The number of benzene rings is 3. The molecule has 0 bridgehead atoms. The third kappa shape index (κ3) is 8.75. The molecule has 0 heterocycles. The Morgan fingerprint density at radius 2 is 1.48 bits per heavy atom. The SMILES string of the molecule is CCCNC(=O)[C@@H](Cc1ccccc1)N(Cc1ccc(Cl)c(Cl)c1)C(=O)CN(c1ccc(Cl)c(Cl)c1)S(C)(=O)=O. The van der Waals surface area contributed by atoms with Crippen LogP contribution in [0.1, 0.15) is 24.5 Å². The van der Waals surface area contributed by atoms with E-state index in [-0.39, 0.29) is 39.6 Å². The van der Waals surface area contributed by atoms with Gasteiger partial charge in [-0.25, -0.2) is 8.42 Å². The summed E-state index contributed by atoms with van der Waals surface area (Å²) in [4.78, 5) is 28.9. The second kappa shape index (κ2) is 14.4. The fourth-order valence-electron chi connectivity index (χ4n) is 4.01. The van der Waals surface area contributed by atoms with Gasteiger partial charge in [-0.3, -0.25) is 13.9 Å². The zero-order valence-corrected chi connectivity index (χ0v) is 25.8. The highest BCUT2D eigenvalue weighted by atomic mass is 35.5. The molecular weight excluding hydrogens is 616 g/mol. The van der Waals surface area contributed by atoms with E-state index in [1.54, 1.807) is 18.2 Å². The molecule has 0 fully saturated rings. The Balaban J connectivity index is 2.07. The molecule has 0 spiro atoms. The molecule has 40 heavy (non-hydrogen) atoms. The molecule has 3 aromatic rings. The lowest BCUT2D eigenvalue weighted by molar-refractivity contribution is -0.140. The highest BCUT2D eigenvalue weighted by Crippen LogP contribution is 2.29. The van der Waals surface area contributed by atoms with Crippen LogP contribution in [0.4, 0.5) is 5.69 Å². The Kier molecular flexibility index (Phi) is 11.5. The van der Waals surface area contributed by atoms with E-state index in [1.165, 1.54) is 23.1 Å². The number of rotatable bonds is 12. The fraction of sp³-hybridized carbons (Fsp3) is 0.286. The van der Waals surface area contributed by atoms with E-state index in [2.05, 4.69) is 5.32 Å². The zero-order chi connectivity index (χ0) is 29.4. The largest absolute Gasteiger partial charge is 0.354 e. The number of nitrogens with zero attached hydrogens (tertiary/aromatic N) is 2. The number of amides is 2. The van der Waals surface area contributed by atoms with Gasteiger partial charge in [0, 0.05) is 19.5 Å². The van der Waals surface area contributed by atoms with Crippen LogP contribution in [0.3, 0.4) is 0 Å². The van der Waals surface area contributed by atoms with Gasteiger partial charge < -0.3 is 10.2 Å². The van der Waals surface area contributed by atoms with E-state index in [9.17, 15) is 18.0 Å². The Labute approximate surface area is 255 Å². The first kappa shape index (κ1) is 32.0. The number of nitrogens with one attached hydrogen (secondary N) is 1. The van der Waals surface area contributed by atoms with Crippen molar-refractivity contribution in [3.8, 4) is 0 Å². The zero-order valence-electron chi connectivity index (χ0n) is 21.9. The summed E-state index contributed by atoms with van der Waals surface area (Å²) in [5, 5.41) is 3.88. The molecule has 2 amide bonds. The lowest BCUT2D eigenvalue weighted by Gasteiger charge is -2.33. The maximum Gasteiger partial charge on any atom is 0.244 e. The smallest absolute Gasteiger partial charge is 0.244 e. The predicted molar refractivity (Wildman–Crippen MR) is 163 cm³/mol. The van der Waals surface area contributed by atoms with Gasteiger partial charge in [-0.2, -0.15) is 0 Å². The van der Waals surface area contributed by atoms with Crippen LogP contribution in [-0.4, -0.2) is 50.5 Å². The van der Waals surface area contributed by atoms with Crippen LogP contribution in [0.25, 0.3) is 0 Å². The van der Waals surface area contributed by atoms with Crippen molar-refractivity contribution in [3.05, 3.63) is 97.9 Å². The van der Waals surface area contributed by atoms with Crippen LogP contribution in [0, 0.1) is 0 Å². The van der Waals surface area contributed by atoms with Crippen molar-refractivity contribution in [1.29, 1.82) is 0 Å². The first-order valence-electron chi connectivity index (χ1n) is 12.4. The average Bonchev–Trinajstić information content (AvgIpc) is 2.91. The summed E-state index contributed by atoms with van der Waals surface area (Å²) in [6.45, 7) is 1.74. The normalized spacial score (nSPS) is 12.1. The molecule has 214 valence electrons. The second-order valence-electron chi connectivity index (χ2n) is 9.13. The molecule has 0 aliphatic carbocycles. The van der Waals surface area contributed by atoms with Crippen molar-refractivity contribution in [2.45, 2.75) is 32.4 Å². The number of carbonyl (C=O) groups excluding carboxylic acids is 2. The lowest BCUT2D eigenvalue weighted by Crippen LogP contribution is -2.53. The molecule has 0 unspecified atom stereocenters. The molecule has 0 saturated heterocycles. The van der Waals surface area contributed by atoms with Crippen LogP contribution in [0.15, 0.2) is 66.7 Å². The van der Waals surface area contributed by atoms with Crippen LogP contribution < -0.4 is 9.62 Å². The number of hydrogen-bond acceptors (Lipinski definition) is 4. The molecule has 0 radical (unpaired) electrons. The molecule has 0 saturated carbocycles. The first-order chi connectivity index (χ1) is 18.9. The van der Waals surface area contributed by atoms with Crippen LogP contribution in [-0.2, 0) is 32.6 Å². The van der Waals surface area contributed by atoms with E-state index >= 15 is 0 Å². The number of carbonyl (C=O) groups is 2. The maximum atomic E-state index is 14.0. The van der Waals surface area contributed by atoms with Gasteiger partial charge in [0.1, 0.15) is 12.6 Å². The molecule has 7 nitrogen and oxygen atoms in total. The van der Waals surface area contributed by atoms with Crippen molar-refractivity contribution in [2.75, 3.05) is 23.7 Å². The topological polar surface area (TPSA) is 86.8 Å². The van der Waals surface area contributed by atoms with Crippen molar-refractivity contribution >= 4 is 73.9 Å². The van der Waals surface area contributed by atoms with Gasteiger partial charge in [0.15, 0.2) is 0 Å². The van der Waals surface area contributed by atoms with Crippen molar-refractivity contribution in [1.82, 2.24) is 10.2 Å². The Bertz CT molecular complexity index is 1460. The Hall–Kier alpha value is -2.49. The lowest BCUT2D eigenvalue weighted by atomic mass is 10.0. The minimum atomic E-state index is -3.94. The molecule has 12 heteroatoms. The van der Waals surface area contributed by atoms with Crippen molar-refractivity contribution < 1.29 is 18.0 Å². The molecule has 1 N–H and O–H groups in total. The number of hydrogen-bond donors (Lipinski definition) is 1. The van der Waals surface area contributed by atoms with Crippen LogP contribution >= 0.6 is 46.4 Å². The van der Waals surface area contributed by atoms with Crippen molar-refractivity contribution in [2.24, 2.45) is 0 Å². The van der Waals surface area contributed by atoms with E-state index in [0.717, 1.165) is 16.1 Å². The summed E-state index contributed by atoms with van der Waals surface area (Å²) < 4.78 is 26.6. The van der Waals surface area contributed by atoms with Gasteiger partial charge >= 0.3 is 0 Å². The minimum absolute atomic E-state index is 0.0221. The molecular formula is C28H29Cl4N3O4S. The van der Waals surface area contributed by atoms with Crippen LogP contribution in [0.2, 0.25) is 20.1 Å². The fourth-order valence-corrected chi connectivity index (χ4v) is 5.46. The maximum absolute atomic E-state index is 14.0. The molecule has 0 aromatic heterocycles. The van der Waals surface area contributed by atoms with Gasteiger partial charge in [0.25, 0.3) is 0 Å².